The molecule has 0 spiro atoms. The van der Waals surface area contributed by atoms with Gasteiger partial charge in [-0.3, -0.25) is 0 Å². The van der Waals surface area contributed by atoms with Crippen LogP contribution in [0.1, 0.15) is 55.8 Å². The lowest BCUT2D eigenvalue weighted by Gasteiger charge is -2.19. The summed E-state index contributed by atoms with van der Waals surface area (Å²) in [7, 11) is 0. The Morgan fingerprint density at radius 3 is 2.60 bits per heavy atom. The summed E-state index contributed by atoms with van der Waals surface area (Å²) in [5, 5.41) is 0. The molecule has 2 N–H and O–H groups in total. The van der Waals surface area contributed by atoms with Crippen molar-refractivity contribution in [3.05, 3.63) is 23.8 Å². The van der Waals surface area contributed by atoms with Crippen LogP contribution in [-0.4, -0.2) is 18.7 Å². The van der Waals surface area contributed by atoms with Crippen molar-refractivity contribution < 1.29 is 14.3 Å². The number of esters is 1. The molecule has 0 aromatic heterocycles. The van der Waals surface area contributed by atoms with Crippen LogP contribution in [0.3, 0.4) is 0 Å². The highest BCUT2D eigenvalue weighted by atomic mass is 16.5. The topological polar surface area (TPSA) is 61.5 Å². The SMILES string of the molecule is CCOC(=O)c1ccc(N)cc1OC1CCCCCC1. The van der Waals surface area contributed by atoms with Crippen LogP contribution in [0, 0.1) is 0 Å². The van der Waals surface area contributed by atoms with Gasteiger partial charge in [0.25, 0.3) is 0 Å². The van der Waals surface area contributed by atoms with Gasteiger partial charge in [0.2, 0.25) is 0 Å². The van der Waals surface area contributed by atoms with E-state index < -0.39 is 0 Å². The zero-order valence-corrected chi connectivity index (χ0v) is 12.1. The molecule has 1 saturated carbocycles. The minimum atomic E-state index is -0.351. The number of anilines is 1. The number of rotatable bonds is 4. The van der Waals surface area contributed by atoms with Gasteiger partial charge in [-0.2, -0.15) is 0 Å². The third kappa shape index (κ3) is 3.89. The number of nitrogen functional groups attached to an aromatic ring is 1. The van der Waals surface area contributed by atoms with E-state index in [0.29, 0.717) is 23.6 Å². The average Bonchev–Trinajstić information content (AvgIpc) is 2.68. The van der Waals surface area contributed by atoms with Crippen LogP contribution in [0.4, 0.5) is 5.69 Å². The molecule has 110 valence electrons. The molecule has 4 heteroatoms. The molecule has 2 rings (SSSR count). The molecule has 4 nitrogen and oxygen atoms in total. The Hall–Kier alpha value is -1.71. The maximum Gasteiger partial charge on any atom is 0.341 e. The molecule has 0 saturated heterocycles. The smallest absolute Gasteiger partial charge is 0.341 e. The lowest BCUT2D eigenvalue weighted by atomic mass is 10.1. The van der Waals surface area contributed by atoms with Gasteiger partial charge in [0.15, 0.2) is 0 Å². The van der Waals surface area contributed by atoms with E-state index in [1.807, 2.05) is 0 Å². The summed E-state index contributed by atoms with van der Waals surface area (Å²) in [5.74, 6) is 0.200. The molecule has 0 radical (unpaired) electrons. The maximum atomic E-state index is 11.9. The van der Waals surface area contributed by atoms with Gasteiger partial charge in [0, 0.05) is 11.8 Å². The standard InChI is InChI=1S/C16H23NO3/c1-2-19-16(18)14-10-9-12(17)11-15(14)20-13-7-5-3-4-6-8-13/h9-11,13H,2-8,17H2,1H3. The van der Waals surface area contributed by atoms with E-state index in [-0.39, 0.29) is 12.1 Å². The summed E-state index contributed by atoms with van der Waals surface area (Å²) in [4.78, 5) is 11.9. The third-order valence-electron chi connectivity index (χ3n) is 3.60. The Bertz CT molecular complexity index is 451. The molecular formula is C16H23NO3. The highest BCUT2D eigenvalue weighted by Crippen LogP contribution is 2.28. The number of hydrogen-bond acceptors (Lipinski definition) is 4. The summed E-state index contributed by atoms with van der Waals surface area (Å²) < 4.78 is 11.1. The molecular weight excluding hydrogens is 254 g/mol. The summed E-state index contributed by atoms with van der Waals surface area (Å²) in [6.07, 6.45) is 7.15. The van der Waals surface area contributed by atoms with Crippen molar-refractivity contribution in [1.29, 1.82) is 0 Å². The second-order valence-electron chi connectivity index (χ2n) is 5.21. The van der Waals surface area contributed by atoms with Crippen LogP contribution in [0.2, 0.25) is 0 Å². The van der Waals surface area contributed by atoms with Crippen LogP contribution in [0.25, 0.3) is 0 Å². The van der Waals surface area contributed by atoms with Gasteiger partial charge in [-0.05, 0) is 44.7 Å². The first-order valence-corrected chi connectivity index (χ1v) is 7.44. The zero-order chi connectivity index (χ0) is 14.4. The maximum absolute atomic E-state index is 11.9. The molecule has 1 aromatic rings. The Labute approximate surface area is 120 Å². The molecule has 1 aliphatic rings. The lowest BCUT2D eigenvalue weighted by Crippen LogP contribution is -2.17. The van der Waals surface area contributed by atoms with Crippen LogP contribution in [-0.2, 0) is 4.74 Å². The van der Waals surface area contributed by atoms with Crippen LogP contribution < -0.4 is 10.5 Å². The first-order chi connectivity index (χ1) is 9.70. The first kappa shape index (κ1) is 14.7. The van der Waals surface area contributed by atoms with E-state index in [2.05, 4.69) is 0 Å². The molecule has 1 fully saturated rings. The Morgan fingerprint density at radius 2 is 1.95 bits per heavy atom. The lowest BCUT2D eigenvalue weighted by molar-refractivity contribution is 0.0518. The second kappa shape index (κ2) is 7.17. The van der Waals surface area contributed by atoms with E-state index in [0.717, 1.165) is 12.8 Å². The van der Waals surface area contributed by atoms with Gasteiger partial charge in [-0.25, -0.2) is 4.79 Å². The molecule has 0 heterocycles. The molecule has 1 aromatic carbocycles. The van der Waals surface area contributed by atoms with Crippen molar-refractivity contribution >= 4 is 11.7 Å². The highest BCUT2D eigenvalue weighted by molar-refractivity contribution is 5.93. The highest BCUT2D eigenvalue weighted by Gasteiger charge is 2.19. The zero-order valence-electron chi connectivity index (χ0n) is 12.1. The van der Waals surface area contributed by atoms with Crippen molar-refractivity contribution in [2.75, 3.05) is 12.3 Å². The summed E-state index contributed by atoms with van der Waals surface area (Å²) in [5.41, 5.74) is 6.87. The van der Waals surface area contributed by atoms with Crippen molar-refractivity contribution in [3.63, 3.8) is 0 Å². The molecule has 0 amide bonds. The molecule has 20 heavy (non-hydrogen) atoms. The monoisotopic (exact) mass is 277 g/mol. The minimum Gasteiger partial charge on any atom is -0.489 e. The van der Waals surface area contributed by atoms with Gasteiger partial charge in [-0.1, -0.05) is 12.8 Å². The number of nitrogens with two attached hydrogens (primary N) is 1. The molecule has 0 bridgehead atoms. The van der Waals surface area contributed by atoms with Crippen LogP contribution in [0.5, 0.6) is 5.75 Å². The third-order valence-corrected chi connectivity index (χ3v) is 3.60. The van der Waals surface area contributed by atoms with Crippen molar-refractivity contribution in [3.8, 4) is 5.75 Å². The van der Waals surface area contributed by atoms with Crippen molar-refractivity contribution in [2.45, 2.75) is 51.6 Å². The van der Waals surface area contributed by atoms with Crippen molar-refractivity contribution in [2.24, 2.45) is 0 Å². The Morgan fingerprint density at radius 1 is 1.25 bits per heavy atom. The number of carbonyl (C=O) groups is 1. The van der Waals surface area contributed by atoms with Gasteiger partial charge in [0.1, 0.15) is 11.3 Å². The van der Waals surface area contributed by atoms with Gasteiger partial charge in [-0.15, -0.1) is 0 Å². The number of hydrogen-bond donors (Lipinski definition) is 1. The van der Waals surface area contributed by atoms with Gasteiger partial charge in [0.05, 0.1) is 12.7 Å². The molecule has 0 atom stereocenters. The quantitative estimate of drug-likeness (QED) is 0.519. The van der Waals surface area contributed by atoms with Crippen LogP contribution in [0.15, 0.2) is 18.2 Å². The number of benzene rings is 1. The minimum absolute atomic E-state index is 0.174. The van der Waals surface area contributed by atoms with E-state index in [1.54, 1.807) is 25.1 Å². The van der Waals surface area contributed by atoms with E-state index in [4.69, 9.17) is 15.2 Å². The van der Waals surface area contributed by atoms with Gasteiger partial charge < -0.3 is 15.2 Å². The fourth-order valence-corrected chi connectivity index (χ4v) is 2.55. The van der Waals surface area contributed by atoms with E-state index in [9.17, 15) is 4.79 Å². The van der Waals surface area contributed by atoms with Crippen molar-refractivity contribution in [1.82, 2.24) is 0 Å². The normalized spacial score (nSPS) is 16.4. The first-order valence-electron chi connectivity index (χ1n) is 7.44. The molecule has 0 unspecified atom stereocenters. The fourth-order valence-electron chi connectivity index (χ4n) is 2.55. The average molecular weight is 277 g/mol. The summed E-state index contributed by atoms with van der Waals surface area (Å²) in [6, 6.07) is 5.10. The van der Waals surface area contributed by atoms with E-state index >= 15 is 0 Å². The van der Waals surface area contributed by atoms with Crippen LogP contribution >= 0.6 is 0 Å². The number of carbonyl (C=O) groups excluding carboxylic acids is 1. The fraction of sp³-hybridized carbons (Fsp3) is 0.562. The number of ether oxygens (including phenoxy) is 2. The van der Waals surface area contributed by atoms with Gasteiger partial charge >= 0.3 is 5.97 Å². The summed E-state index contributed by atoms with van der Waals surface area (Å²) >= 11 is 0. The predicted octanol–water partition coefficient (Wildman–Crippen LogP) is 3.55. The molecule has 0 aliphatic heterocycles. The summed E-state index contributed by atoms with van der Waals surface area (Å²) in [6.45, 7) is 2.15. The largest absolute Gasteiger partial charge is 0.489 e. The predicted molar refractivity (Wildman–Crippen MR) is 78.9 cm³/mol. The molecule has 1 aliphatic carbocycles. The Kier molecular flexibility index (Phi) is 5.27. The Balaban J connectivity index is 2.15. The second-order valence-corrected chi connectivity index (χ2v) is 5.21. The van der Waals surface area contributed by atoms with E-state index in [1.165, 1.54) is 25.7 Å².